The van der Waals surface area contributed by atoms with Crippen LogP contribution >= 0.6 is 12.4 Å². The van der Waals surface area contributed by atoms with Crippen LogP contribution in [0.25, 0.3) is 0 Å². The van der Waals surface area contributed by atoms with Crippen LogP contribution < -0.4 is 10.6 Å². The highest BCUT2D eigenvalue weighted by Crippen LogP contribution is 2.22. The first-order chi connectivity index (χ1) is 13.7. The molecule has 0 radical (unpaired) electrons. The molecule has 0 spiro atoms. The zero-order valence-electron chi connectivity index (χ0n) is 17.1. The molecule has 2 aliphatic rings. The van der Waals surface area contributed by atoms with E-state index in [0.717, 1.165) is 52.0 Å². The maximum atomic E-state index is 12.7. The number of benzene rings is 1. The van der Waals surface area contributed by atoms with Crippen molar-refractivity contribution in [1.29, 1.82) is 0 Å². The molecule has 2 fully saturated rings. The van der Waals surface area contributed by atoms with Gasteiger partial charge in [0.15, 0.2) is 0 Å². The number of amides is 1. The molecule has 3 atom stereocenters. The average molecular weight is 418 g/mol. The molecule has 0 saturated carbocycles. The minimum atomic E-state index is -0.0588. The largest absolute Gasteiger partial charge is 0.348 e. The maximum absolute atomic E-state index is 12.7. The number of halogens is 1. The normalized spacial score (nSPS) is 23.3. The van der Waals surface area contributed by atoms with Crippen molar-refractivity contribution in [3.8, 4) is 0 Å². The average Bonchev–Trinajstić information content (AvgIpc) is 3.39. The van der Waals surface area contributed by atoms with E-state index in [0.29, 0.717) is 17.7 Å². The second-order valence-electron chi connectivity index (χ2n) is 8.21. The second kappa shape index (κ2) is 10.2. The fraction of sp³-hybridized carbons (Fsp3) is 0.545. The maximum Gasteiger partial charge on any atom is 0.271 e. The summed E-state index contributed by atoms with van der Waals surface area (Å²) in [6.45, 7) is 7.22. The van der Waals surface area contributed by atoms with E-state index in [-0.39, 0.29) is 24.4 Å². The zero-order chi connectivity index (χ0) is 19.3. The monoisotopic (exact) mass is 417 g/mol. The van der Waals surface area contributed by atoms with Crippen LogP contribution in [-0.2, 0) is 6.54 Å². The minimum absolute atomic E-state index is 0. The molecule has 158 valence electrons. The highest BCUT2D eigenvalue weighted by atomic mass is 35.5. The molecule has 2 N–H and O–H groups in total. The minimum Gasteiger partial charge on any atom is -0.348 e. The smallest absolute Gasteiger partial charge is 0.271 e. The van der Waals surface area contributed by atoms with Crippen LogP contribution in [0, 0.1) is 5.92 Å². The Bertz CT molecular complexity index is 775. The van der Waals surface area contributed by atoms with Crippen LogP contribution in [0.4, 0.5) is 0 Å². The number of carbonyl (C=O) groups is 1. The van der Waals surface area contributed by atoms with Crippen molar-refractivity contribution < 1.29 is 4.79 Å². The summed E-state index contributed by atoms with van der Waals surface area (Å²) in [6, 6.07) is 12.9. The quantitative estimate of drug-likeness (QED) is 0.758. The Morgan fingerprint density at radius 2 is 2.10 bits per heavy atom. The van der Waals surface area contributed by atoms with E-state index in [4.69, 9.17) is 0 Å². The van der Waals surface area contributed by atoms with Gasteiger partial charge in [0.25, 0.3) is 5.91 Å². The highest BCUT2D eigenvalue weighted by Gasteiger charge is 2.28. The van der Waals surface area contributed by atoms with Gasteiger partial charge >= 0.3 is 0 Å². The molecular formula is C22H32ClN5O. The molecule has 1 aromatic heterocycles. The SMILES string of the molecule is CC(NC(=O)c1ccn(C2CCCNC2)n1)C1CCN(Cc2ccccc2)C1.Cl. The number of carbonyl (C=O) groups excluding carboxylic acids is 1. The molecule has 7 heteroatoms. The van der Waals surface area contributed by atoms with Crippen molar-refractivity contribution in [2.45, 2.75) is 44.8 Å². The highest BCUT2D eigenvalue weighted by molar-refractivity contribution is 5.92. The first-order valence-corrected chi connectivity index (χ1v) is 10.5. The number of rotatable bonds is 6. The number of hydrogen-bond acceptors (Lipinski definition) is 4. The summed E-state index contributed by atoms with van der Waals surface area (Å²) in [5.74, 6) is 0.425. The predicted octanol–water partition coefficient (Wildman–Crippen LogP) is 2.87. The zero-order valence-corrected chi connectivity index (χ0v) is 17.9. The summed E-state index contributed by atoms with van der Waals surface area (Å²) in [7, 11) is 0. The fourth-order valence-electron chi connectivity index (χ4n) is 4.38. The third-order valence-corrected chi connectivity index (χ3v) is 6.11. The number of nitrogens with zero attached hydrogens (tertiary/aromatic N) is 3. The van der Waals surface area contributed by atoms with Gasteiger partial charge in [-0.2, -0.15) is 5.10 Å². The van der Waals surface area contributed by atoms with Crippen molar-refractivity contribution in [3.63, 3.8) is 0 Å². The van der Waals surface area contributed by atoms with E-state index in [1.807, 2.05) is 16.9 Å². The lowest BCUT2D eigenvalue weighted by Gasteiger charge is -2.23. The molecule has 1 amide bonds. The van der Waals surface area contributed by atoms with Crippen LogP contribution in [0.2, 0.25) is 0 Å². The Morgan fingerprint density at radius 1 is 1.28 bits per heavy atom. The molecular weight excluding hydrogens is 386 g/mol. The number of hydrogen-bond donors (Lipinski definition) is 2. The van der Waals surface area contributed by atoms with Crippen LogP contribution in [0.15, 0.2) is 42.6 Å². The molecule has 4 rings (SSSR count). The topological polar surface area (TPSA) is 62.2 Å². The lowest BCUT2D eigenvalue weighted by atomic mass is 10.0. The standard InChI is InChI=1S/C22H31N5O.ClH/c1-17(19-9-12-26(16-19)15-18-6-3-2-4-7-18)24-22(28)21-10-13-27(25-21)20-8-5-11-23-14-20;/h2-4,6-7,10,13,17,19-20,23H,5,8-9,11-12,14-16H2,1H3,(H,24,28);1H. The van der Waals surface area contributed by atoms with Gasteiger partial charge in [0.1, 0.15) is 5.69 Å². The van der Waals surface area contributed by atoms with Gasteiger partial charge in [0, 0.05) is 31.9 Å². The summed E-state index contributed by atoms with van der Waals surface area (Å²) in [5.41, 5.74) is 1.87. The number of nitrogens with one attached hydrogen (secondary N) is 2. The molecule has 3 heterocycles. The van der Waals surface area contributed by atoms with Crippen LogP contribution in [0.3, 0.4) is 0 Å². The van der Waals surface area contributed by atoms with E-state index in [9.17, 15) is 4.79 Å². The number of aromatic nitrogens is 2. The van der Waals surface area contributed by atoms with Gasteiger partial charge < -0.3 is 10.6 Å². The molecule has 29 heavy (non-hydrogen) atoms. The molecule has 6 nitrogen and oxygen atoms in total. The summed E-state index contributed by atoms with van der Waals surface area (Å²) in [5, 5.41) is 11.1. The third-order valence-electron chi connectivity index (χ3n) is 6.11. The molecule has 0 bridgehead atoms. The van der Waals surface area contributed by atoms with Crippen LogP contribution in [0.5, 0.6) is 0 Å². The Hall–Kier alpha value is -1.89. The lowest BCUT2D eigenvalue weighted by Crippen LogP contribution is -2.39. The summed E-state index contributed by atoms with van der Waals surface area (Å²) < 4.78 is 1.95. The number of likely N-dealkylation sites (tertiary alicyclic amines) is 1. The van der Waals surface area contributed by atoms with E-state index in [1.165, 1.54) is 5.56 Å². The number of piperidine rings is 1. The van der Waals surface area contributed by atoms with Crippen molar-refractivity contribution in [3.05, 3.63) is 53.9 Å². The van der Waals surface area contributed by atoms with E-state index < -0.39 is 0 Å². The summed E-state index contributed by atoms with van der Waals surface area (Å²) >= 11 is 0. The third kappa shape index (κ3) is 5.59. The molecule has 1 aromatic carbocycles. The first kappa shape index (κ1) is 21.8. The van der Waals surface area contributed by atoms with Gasteiger partial charge in [-0.1, -0.05) is 30.3 Å². The molecule has 2 aliphatic heterocycles. The first-order valence-electron chi connectivity index (χ1n) is 10.5. The predicted molar refractivity (Wildman–Crippen MR) is 117 cm³/mol. The van der Waals surface area contributed by atoms with Gasteiger partial charge in [-0.15, -0.1) is 12.4 Å². The molecule has 3 unspecified atom stereocenters. The van der Waals surface area contributed by atoms with Crippen molar-refractivity contribution in [2.24, 2.45) is 5.92 Å². The Morgan fingerprint density at radius 3 is 2.86 bits per heavy atom. The Balaban J connectivity index is 0.00000240. The van der Waals surface area contributed by atoms with Gasteiger partial charge in [-0.25, -0.2) is 0 Å². The fourth-order valence-corrected chi connectivity index (χ4v) is 4.38. The lowest BCUT2D eigenvalue weighted by molar-refractivity contribution is 0.0920. The molecule has 0 aliphatic carbocycles. The van der Waals surface area contributed by atoms with Crippen molar-refractivity contribution in [2.75, 3.05) is 26.2 Å². The molecule has 2 aromatic rings. The van der Waals surface area contributed by atoms with Gasteiger partial charge in [-0.3, -0.25) is 14.4 Å². The molecule has 2 saturated heterocycles. The van der Waals surface area contributed by atoms with Crippen molar-refractivity contribution in [1.82, 2.24) is 25.3 Å². The van der Waals surface area contributed by atoms with Gasteiger partial charge in [0.2, 0.25) is 0 Å². The summed E-state index contributed by atoms with van der Waals surface area (Å²) in [4.78, 5) is 15.1. The van der Waals surface area contributed by atoms with Gasteiger partial charge in [0.05, 0.1) is 6.04 Å². The van der Waals surface area contributed by atoms with Gasteiger partial charge in [-0.05, 0) is 56.8 Å². The Kier molecular flexibility index (Phi) is 7.70. The Labute approximate surface area is 179 Å². The van der Waals surface area contributed by atoms with E-state index >= 15 is 0 Å². The van der Waals surface area contributed by atoms with Crippen LogP contribution in [-0.4, -0.2) is 52.8 Å². The van der Waals surface area contributed by atoms with Crippen LogP contribution in [0.1, 0.15) is 48.3 Å². The summed E-state index contributed by atoms with van der Waals surface area (Å²) in [6.07, 6.45) is 5.33. The second-order valence-corrected chi connectivity index (χ2v) is 8.21. The van der Waals surface area contributed by atoms with E-state index in [1.54, 1.807) is 0 Å². The van der Waals surface area contributed by atoms with E-state index in [2.05, 4.69) is 57.9 Å². The van der Waals surface area contributed by atoms with Crippen molar-refractivity contribution >= 4 is 18.3 Å².